The fourth-order valence-electron chi connectivity index (χ4n) is 1.63. The van der Waals surface area contributed by atoms with Gasteiger partial charge in [-0.3, -0.25) is 4.79 Å². The Labute approximate surface area is 100 Å². The van der Waals surface area contributed by atoms with Crippen LogP contribution in [0.2, 0.25) is 0 Å². The summed E-state index contributed by atoms with van der Waals surface area (Å²) < 4.78 is 4.86. The molecular weight excluding hydrogens is 200 g/mol. The Bertz CT molecular complexity index is 175. The molecule has 0 aliphatic rings. The number of hydrogen-bond donors (Lipinski definition) is 0. The van der Waals surface area contributed by atoms with Crippen molar-refractivity contribution in [2.24, 2.45) is 0 Å². The highest BCUT2D eigenvalue weighted by Crippen LogP contribution is 2.10. The summed E-state index contributed by atoms with van der Waals surface area (Å²) in [4.78, 5) is 10.5. The molecular formula is C14H26O2. The number of allylic oxidation sites excluding steroid dienone is 1. The molecule has 0 amide bonds. The first-order valence-corrected chi connectivity index (χ1v) is 6.40. The van der Waals surface area contributed by atoms with Gasteiger partial charge < -0.3 is 4.74 Å². The molecule has 0 aromatic rings. The van der Waals surface area contributed by atoms with Crippen LogP contribution in [-0.2, 0) is 9.53 Å². The van der Waals surface area contributed by atoms with Crippen LogP contribution in [0.5, 0.6) is 0 Å². The van der Waals surface area contributed by atoms with Crippen molar-refractivity contribution in [1.82, 2.24) is 0 Å². The van der Waals surface area contributed by atoms with Gasteiger partial charge >= 0.3 is 5.97 Å². The lowest BCUT2D eigenvalue weighted by Gasteiger charge is -2.03. The van der Waals surface area contributed by atoms with Crippen molar-refractivity contribution in [2.75, 3.05) is 6.61 Å². The Kier molecular flexibility index (Phi) is 10.2. The first kappa shape index (κ1) is 15.2. The normalized spacial score (nSPS) is 10.1. The smallest absolute Gasteiger partial charge is 0.302 e. The van der Waals surface area contributed by atoms with Crippen LogP contribution in [0, 0.1) is 0 Å². The summed E-state index contributed by atoms with van der Waals surface area (Å²) in [7, 11) is 0. The average molecular weight is 226 g/mol. The highest BCUT2D eigenvalue weighted by Gasteiger charge is 1.94. The predicted octanol–water partition coefficient (Wildman–Crippen LogP) is 4.25. The molecule has 0 aromatic carbocycles. The second-order valence-corrected chi connectivity index (χ2v) is 4.52. The van der Waals surface area contributed by atoms with Crippen LogP contribution < -0.4 is 0 Å². The summed E-state index contributed by atoms with van der Waals surface area (Å²) in [6.45, 7) is 8.04. The molecule has 0 atom stereocenters. The van der Waals surface area contributed by atoms with Gasteiger partial charge in [-0.2, -0.15) is 0 Å². The predicted molar refractivity (Wildman–Crippen MR) is 68.4 cm³/mol. The summed E-state index contributed by atoms with van der Waals surface area (Å²) in [6, 6.07) is 0. The number of carbonyl (C=O) groups excluding carboxylic acids is 1. The molecule has 2 nitrogen and oxygen atoms in total. The molecule has 0 fully saturated rings. The minimum atomic E-state index is -0.167. The number of ether oxygens (including phenoxy) is 1. The second-order valence-electron chi connectivity index (χ2n) is 4.52. The van der Waals surface area contributed by atoms with Crippen molar-refractivity contribution >= 4 is 5.97 Å². The first-order chi connectivity index (χ1) is 7.63. The second kappa shape index (κ2) is 10.7. The van der Waals surface area contributed by atoms with Gasteiger partial charge in [-0.15, -0.1) is 6.58 Å². The van der Waals surface area contributed by atoms with E-state index in [9.17, 15) is 4.79 Å². The van der Waals surface area contributed by atoms with Gasteiger partial charge in [0, 0.05) is 6.92 Å². The molecule has 0 saturated heterocycles. The fraction of sp³-hybridized carbons (Fsp3) is 0.786. The summed E-state index contributed by atoms with van der Waals surface area (Å²) >= 11 is 0. The number of carbonyl (C=O) groups is 1. The highest BCUT2D eigenvalue weighted by molar-refractivity contribution is 5.65. The molecule has 2 heteroatoms. The quantitative estimate of drug-likeness (QED) is 0.316. The third-order valence-corrected chi connectivity index (χ3v) is 2.55. The Morgan fingerprint density at radius 2 is 1.44 bits per heavy atom. The third kappa shape index (κ3) is 13.2. The van der Waals surface area contributed by atoms with Crippen molar-refractivity contribution in [3.63, 3.8) is 0 Å². The molecule has 0 unspecified atom stereocenters. The van der Waals surface area contributed by atoms with E-state index in [0.29, 0.717) is 6.61 Å². The van der Waals surface area contributed by atoms with Crippen molar-refractivity contribution in [2.45, 2.75) is 65.2 Å². The van der Waals surface area contributed by atoms with Crippen LogP contribution in [0.25, 0.3) is 0 Å². The van der Waals surface area contributed by atoms with Crippen LogP contribution in [-0.4, -0.2) is 12.6 Å². The standard InChI is InChI=1S/C14H26O2/c1-13(2)11-9-7-5-4-6-8-10-12-16-14(3)15/h1,4-12H2,2-3H3. The van der Waals surface area contributed by atoms with E-state index in [1.165, 1.54) is 57.4 Å². The minimum Gasteiger partial charge on any atom is -0.466 e. The van der Waals surface area contributed by atoms with Crippen molar-refractivity contribution in [3.8, 4) is 0 Å². The maximum Gasteiger partial charge on any atom is 0.302 e. The molecule has 0 heterocycles. The van der Waals surface area contributed by atoms with Crippen molar-refractivity contribution in [3.05, 3.63) is 12.2 Å². The zero-order valence-corrected chi connectivity index (χ0v) is 10.9. The molecule has 0 spiro atoms. The maximum atomic E-state index is 10.5. The van der Waals surface area contributed by atoms with Gasteiger partial charge in [-0.25, -0.2) is 0 Å². The number of hydrogen-bond acceptors (Lipinski definition) is 2. The lowest BCUT2D eigenvalue weighted by atomic mass is 10.1. The van der Waals surface area contributed by atoms with E-state index < -0.39 is 0 Å². The Hall–Kier alpha value is -0.790. The average Bonchev–Trinajstić information content (AvgIpc) is 2.20. The van der Waals surface area contributed by atoms with Gasteiger partial charge in [0.2, 0.25) is 0 Å². The molecule has 16 heavy (non-hydrogen) atoms. The lowest BCUT2D eigenvalue weighted by Crippen LogP contribution is -2.00. The molecule has 0 aliphatic carbocycles. The summed E-state index contributed by atoms with van der Waals surface area (Å²) in [5, 5.41) is 0. The number of rotatable bonds is 10. The molecule has 0 rings (SSSR count). The molecule has 0 N–H and O–H groups in total. The van der Waals surface area contributed by atoms with Gasteiger partial charge in [0.05, 0.1) is 6.61 Å². The molecule has 0 bridgehead atoms. The topological polar surface area (TPSA) is 26.3 Å². The van der Waals surface area contributed by atoms with Crippen LogP contribution >= 0.6 is 0 Å². The molecule has 0 aromatic heterocycles. The van der Waals surface area contributed by atoms with Gasteiger partial charge in [0.15, 0.2) is 0 Å². The molecule has 0 radical (unpaired) electrons. The maximum absolute atomic E-state index is 10.5. The largest absolute Gasteiger partial charge is 0.466 e. The minimum absolute atomic E-state index is 0.167. The Morgan fingerprint density at radius 1 is 0.938 bits per heavy atom. The van der Waals surface area contributed by atoms with Crippen LogP contribution in [0.1, 0.15) is 65.2 Å². The van der Waals surface area contributed by atoms with Gasteiger partial charge in [-0.1, -0.05) is 37.7 Å². The van der Waals surface area contributed by atoms with E-state index in [1.807, 2.05) is 0 Å². The summed E-state index contributed by atoms with van der Waals surface area (Å²) in [5.41, 5.74) is 1.29. The van der Waals surface area contributed by atoms with Gasteiger partial charge in [-0.05, 0) is 26.2 Å². The third-order valence-electron chi connectivity index (χ3n) is 2.55. The zero-order valence-electron chi connectivity index (χ0n) is 10.9. The summed E-state index contributed by atoms with van der Waals surface area (Å²) in [5.74, 6) is -0.167. The number of unbranched alkanes of at least 4 members (excludes halogenated alkanes) is 6. The van der Waals surface area contributed by atoms with Crippen molar-refractivity contribution < 1.29 is 9.53 Å². The first-order valence-electron chi connectivity index (χ1n) is 6.40. The van der Waals surface area contributed by atoms with Crippen LogP contribution in [0.15, 0.2) is 12.2 Å². The van der Waals surface area contributed by atoms with E-state index in [4.69, 9.17) is 4.74 Å². The summed E-state index contributed by atoms with van der Waals surface area (Å²) in [6.07, 6.45) is 9.83. The zero-order chi connectivity index (χ0) is 12.2. The fourth-order valence-corrected chi connectivity index (χ4v) is 1.63. The highest BCUT2D eigenvalue weighted by atomic mass is 16.5. The van der Waals surface area contributed by atoms with E-state index in [-0.39, 0.29) is 5.97 Å². The van der Waals surface area contributed by atoms with Crippen LogP contribution in [0.3, 0.4) is 0 Å². The van der Waals surface area contributed by atoms with Gasteiger partial charge in [0.1, 0.15) is 0 Å². The Balaban J connectivity index is 2.98. The van der Waals surface area contributed by atoms with Gasteiger partial charge in [0.25, 0.3) is 0 Å². The molecule has 0 saturated carbocycles. The van der Waals surface area contributed by atoms with E-state index in [2.05, 4.69) is 13.5 Å². The monoisotopic (exact) mass is 226 g/mol. The van der Waals surface area contributed by atoms with Crippen LogP contribution in [0.4, 0.5) is 0 Å². The van der Waals surface area contributed by atoms with E-state index in [1.54, 1.807) is 0 Å². The lowest BCUT2D eigenvalue weighted by molar-refractivity contribution is -0.141. The SMILES string of the molecule is C=C(C)CCCCCCCCCOC(C)=O. The van der Waals surface area contributed by atoms with Crippen molar-refractivity contribution in [1.29, 1.82) is 0 Å². The number of esters is 1. The van der Waals surface area contributed by atoms with E-state index >= 15 is 0 Å². The molecule has 0 aliphatic heterocycles. The molecule has 94 valence electrons. The Morgan fingerprint density at radius 3 is 1.94 bits per heavy atom. The van der Waals surface area contributed by atoms with E-state index in [0.717, 1.165) is 6.42 Å².